The summed E-state index contributed by atoms with van der Waals surface area (Å²) in [6.07, 6.45) is 0.370. The van der Waals surface area contributed by atoms with Crippen LogP contribution in [0, 0.1) is 5.92 Å². The molecule has 1 fully saturated rings. The van der Waals surface area contributed by atoms with Gasteiger partial charge in [0.05, 0.1) is 40.1 Å². The summed E-state index contributed by atoms with van der Waals surface area (Å²) in [7, 11) is 4.68. The van der Waals surface area contributed by atoms with Crippen LogP contribution in [-0.2, 0) is 4.74 Å². The van der Waals surface area contributed by atoms with Crippen LogP contribution >= 0.6 is 0 Å². The van der Waals surface area contributed by atoms with Crippen LogP contribution in [0.25, 0.3) is 0 Å². The van der Waals surface area contributed by atoms with Crippen molar-refractivity contribution in [3.05, 3.63) is 17.7 Å². The fourth-order valence-corrected chi connectivity index (χ4v) is 2.68. The Labute approximate surface area is 119 Å². The molecule has 0 aromatic heterocycles. The summed E-state index contributed by atoms with van der Waals surface area (Å²) in [6, 6.07) is 3.59. The van der Waals surface area contributed by atoms with Crippen LogP contribution in [0.4, 0.5) is 0 Å². The Hall–Kier alpha value is -1.46. The molecule has 3 atom stereocenters. The van der Waals surface area contributed by atoms with Crippen LogP contribution in [0.3, 0.4) is 0 Å². The Bertz CT molecular complexity index is 460. The van der Waals surface area contributed by atoms with Gasteiger partial charge in [0, 0.05) is 11.5 Å². The van der Waals surface area contributed by atoms with E-state index in [4.69, 9.17) is 18.9 Å². The Kier molecular flexibility index (Phi) is 4.73. The summed E-state index contributed by atoms with van der Waals surface area (Å²) in [6.45, 7) is 2.57. The monoisotopic (exact) mass is 282 g/mol. The van der Waals surface area contributed by atoms with Crippen LogP contribution in [0.2, 0.25) is 0 Å². The zero-order valence-electron chi connectivity index (χ0n) is 12.4. The minimum atomic E-state index is -0.644. The molecule has 112 valence electrons. The lowest BCUT2D eigenvalue weighted by molar-refractivity contribution is 0.0786. The highest BCUT2D eigenvalue weighted by Crippen LogP contribution is 2.44. The molecule has 1 aliphatic heterocycles. The molecule has 0 amide bonds. The largest absolute Gasteiger partial charge is 0.493 e. The van der Waals surface area contributed by atoms with Crippen molar-refractivity contribution in [1.82, 2.24) is 0 Å². The van der Waals surface area contributed by atoms with Gasteiger partial charge in [0.1, 0.15) is 0 Å². The van der Waals surface area contributed by atoms with E-state index in [0.717, 1.165) is 6.42 Å². The Balaban J connectivity index is 2.35. The first kappa shape index (κ1) is 14.9. The molecule has 1 N–H and O–H groups in total. The first-order valence-electron chi connectivity index (χ1n) is 6.70. The Morgan fingerprint density at radius 1 is 1.15 bits per heavy atom. The summed E-state index contributed by atoms with van der Waals surface area (Å²) < 4.78 is 21.5. The average Bonchev–Trinajstić information content (AvgIpc) is 2.91. The Morgan fingerprint density at radius 3 is 2.35 bits per heavy atom. The molecule has 0 radical (unpaired) electrons. The van der Waals surface area contributed by atoms with Gasteiger partial charge in [-0.1, -0.05) is 0 Å². The highest BCUT2D eigenvalue weighted by molar-refractivity contribution is 5.56. The number of aliphatic hydroxyl groups excluding tert-OH is 1. The van der Waals surface area contributed by atoms with Crippen LogP contribution < -0.4 is 14.2 Å². The molecule has 5 nitrogen and oxygen atoms in total. The van der Waals surface area contributed by atoms with E-state index in [0.29, 0.717) is 29.4 Å². The molecule has 0 saturated carbocycles. The van der Waals surface area contributed by atoms with E-state index >= 15 is 0 Å². The zero-order valence-corrected chi connectivity index (χ0v) is 12.4. The van der Waals surface area contributed by atoms with Crippen LogP contribution in [0.15, 0.2) is 12.1 Å². The lowest BCUT2D eigenvalue weighted by Crippen LogP contribution is -2.14. The highest BCUT2D eigenvalue weighted by atomic mass is 16.5. The lowest BCUT2D eigenvalue weighted by atomic mass is 9.92. The molecule has 2 rings (SSSR count). The molecule has 5 heteroatoms. The van der Waals surface area contributed by atoms with Gasteiger partial charge in [-0.2, -0.15) is 0 Å². The van der Waals surface area contributed by atoms with Crippen molar-refractivity contribution in [3.63, 3.8) is 0 Å². The maximum atomic E-state index is 10.6. The third-order valence-corrected chi connectivity index (χ3v) is 3.73. The minimum absolute atomic E-state index is 0.0667. The summed E-state index contributed by atoms with van der Waals surface area (Å²) >= 11 is 0. The molecule has 1 aromatic rings. The van der Waals surface area contributed by atoms with Gasteiger partial charge in [-0.15, -0.1) is 0 Å². The minimum Gasteiger partial charge on any atom is -0.493 e. The fraction of sp³-hybridized carbons (Fsp3) is 0.600. The van der Waals surface area contributed by atoms with Crippen molar-refractivity contribution in [2.45, 2.75) is 25.6 Å². The second-order valence-electron chi connectivity index (χ2n) is 5.01. The van der Waals surface area contributed by atoms with Crippen LogP contribution in [0.1, 0.15) is 25.0 Å². The predicted molar refractivity (Wildman–Crippen MR) is 74.6 cm³/mol. The number of ether oxygens (including phenoxy) is 4. The predicted octanol–water partition coefficient (Wildman–Crippen LogP) is 2.17. The number of aliphatic hydroxyl groups is 1. The molecule has 0 bridgehead atoms. The van der Waals surface area contributed by atoms with Crippen molar-refractivity contribution >= 4 is 0 Å². The van der Waals surface area contributed by atoms with Crippen LogP contribution in [-0.4, -0.2) is 39.1 Å². The van der Waals surface area contributed by atoms with E-state index in [-0.39, 0.29) is 12.0 Å². The van der Waals surface area contributed by atoms with Gasteiger partial charge >= 0.3 is 0 Å². The van der Waals surface area contributed by atoms with Gasteiger partial charge in [0.2, 0.25) is 5.75 Å². The highest BCUT2D eigenvalue weighted by Gasteiger charge is 2.32. The fourth-order valence-electron chi connectivity index (χ4n) is 2.68. The molecule has 0 spiro atoms. The standard InChI is InChI=1S/C15H22O5/c1-9-7-10(8-20-9)13(16)11-5-6-12(17-2)15(19-4)14(11)18-3/h5-6,9-10,13,16H,7-8H2,1-4H3. The topological polar surface area (TPSA) is 57.2 Å². The van der Waals surface area contributed by atoms with E-state index in [2.05, 4.69) is 0 Å². The number of hydrogen-bond donors (Lipinski definition) is 1. The normalized spacial score (nSPS) is 23.4. The molecule has 3 unspecified atom stereocenters. The number of hydrogen-bond acceptors (Lipinski definition) is 5. The van der Waals surface area contributed by atoms with Gasteiger partial charge in [-0.3, -0.25) is 0 Å². The summed E-state index contributed by atoms with van der Waals surface area (Å²) in [5.41, 5.74) is 0.702. The van der Waals surface area contributed by atoms with Crippen LogP contribution in [0.5, 0.6) is 17.2 Å². The second kappa shape index (κ2) is 6.33. The second-order valence-corrected chi connectivity index (χ2v) is 5.01. The van der Waals surface area contributed by atoms with Crippen molar-refractivity contribution in [2.75, 3.05) is 27.9 Å². The van der Waals surface area contributed by atoms with Crippen molar-refractivity contribution in [2.24, 2.45) is 5.92 Å². The van der Waals surface area contributed by atoms with Gasteiger partial charge in [0.25, 0.3) is 0 Å². The first-order valence-corrected chi connectivity index (χ1v) is 6.70. The summed E-state index contributed by atoms with van der Waals surface area (Å²) in [5.74, 6) is 1.66. The molecular weight excluding hydrogens is 260 g/mol. The molecular formula is C15H22O5. The van der Waals surface area contributed by atoms with E-state index in [1.807, 2.05) is 13.0 Å². The molecule has 20 heavy (non-hydrogen) atoms. The number of rotatable bonds is 5. The maximum absolute atomic E-state index is 10.6. The number of methoxy groups -OCH3 is 3. The third kappa shape index (κ3) is 2.69. The number of benzene rings is 1. The molecule has 1 aromatic carbocycles. The van der Waals surface area contributed by atoms with Gasteiger partial charge in [-0.25, -0.2) is 0 Å². The quantitative estimate of drug-likeness (QED) is 0.897. The van der Waals surface area contributed by atoms with Crippen molar-refractivity contribution in [1.29, 1.82) is 0 Å². The Morgan fingerprint density at radius 2 is 1.85 bits per heavy atom. The van der Waals surface area contributed by atoms with E-state index in [1.165, 1.54) is 0 Å². The van der Waals surface area contributed by atoms with E-state index < -0.39 is 6.10 Å². The SMILES string of the molecule is COc1ccc(C(O)C2COC(C)C2)c(OC)c1OC. The summed E-state index contributed by atoms with van der Waals surface area (Å²) in [5, 5.41) is 10.6. The van der Waals surface area contributed by atoms with Crippen molar-refractivity contribution in [3.8, 4) is 17.2 Å². The lowest BCUT2D eigenvalue weighted by Gasteiger charge is -2.22. The van der Waals surface area contributed by atoms with Gasteiger partial charge < -0.3 is 24.1 Å². The summed E-state index contributed by atoms with van der Waals surface area (Å²) in [4.78, 5) is 0. The van der Waals surface area contributed by atoms with Gasteiger partial charge in [-0.05, 0) is 25.5 Å². The van der Waals surface area contributed by atoms with E-state index in [1.54, 1.807) is 27.4 Å². The average molecular weight is 282 g/mol. The first-order chi connectivity index (χ1) is 9.62. The smallest absolute Gasteiger partial charge is 0.203 e. The molecule has 1 aliphatic rings. The van der Waals surface area contributed by atoms with E-state index in [9.17, 15) is 5.11 Å². The van der Waals surface area contributed by atoms with Gasteiger partial charge in [0.15, 0.2) is 11.5 Å². The molecule has 1 heterocycles. The third-order valence-electron chi connectivity index (χ3n) is 3.73. The maximum Gasteiger partial charge on any atom is 0.203 e. The zero-order chi connectivity index (χ0) is 14.7. The molecule has 0 aliphatic carbocycles. The van der Waals surface area contributed by atoms with Crippen molar-refractivity contribution < 1.29 is 24.1 Å². The molecule has 1 saturated heterocycles.